The Bertz CT molecular complexity index is 354. The number of guanidine groups is 1. The van der Waals surface area contributed by atoms with Gasteiger partial charge in [0.1, 0.15) is 5.60 Å². The first-order chi connectivity index (χ1) is 9.84. The monoisotopic (exact) mass is 426 g/mol. The number of hydrogen-bond acceptors (Lipinski definition) is 3. The highest BCUT2D eigenvalue weighted by atomic mass is 127. The van der Waals surface area contributed by atoms with Gasteiger partial charge in [-0.1, -0.05) is 13.0 Å². The molecule has 6 nitrogen and oxygen atoms in total. The molecule has 7 heteroatoms. The van der Waals surface area contributed by atoms with Gasteiger partial charge in [-0.25, -0.2) is 4.79 Å². The van der Waals surface area contributed by atoms with Crippen molar-refractivity contribution in [1.29, 1.82) is 0 Å². The number of ether oxygens (including phenoxy) is 1. The van der Waals surface area contributed by atoms with E-state index in [1.165, 1.54) is 0 Å². The lowest BCUT2D eigenvalue weighted by Crippen LogP contribution is -2.44. The summed E-state index contributed by atoms with van der Waals surface area (Å²) in [5.41, 5.74) is -0.474. The lowest BCUT2D eigenvalue weighted by Gasteiger charge is -2.27. The molecule has 0 heterocycles. The maximum atomic E-state index is 12.1. The second kappa shape index (κ2) is 12.5. The number of nitrogens with zero attached hydrogens (tertiary/aromatic N) is 2. The lowest BCUT2D eigenvalue weighted by atomic mass is 10.2. The first-order valence-corrected chi connectivity index (χ1v) is 7.37. The van der Waals surface area contributed by atoms with Crippen molar-refractivity contribution in [3.05, 3.63) is 12.7 Å². The topological polar surface area (TPSA) is 66.0 Å². The molecule has 0 aliphatic heterocycles. The van der Waals surface area contributed by atoms with Gasteiger partial charge >= 0.3 is 6.09 Å². The van der Waals surface area contributed by atoms with Gasteiger partial charge in [-0.2, -0.15) is 0 Å². The van der Waals surface area contributed by atoms with Crippen molar-refractivity contribution in [3.63, 3.8) is 0 Å². The van der Waals surface area contributed by atoms with E-state index in [0.717, 1.165) is 6.42 Å². The third-order valence-corrected chi connectivity index (χ3v) is 2.46. The zero-order chi connectivity index (χ0) is 16.3. The minimum Gasteiger partial charge on any atom is -0.444 e. The van der Waals surface area contributed by atoms with Crippen LogP contribution in [0.2, 0.25) is 0 Å². The Hall–Kier alpha value is -0.990. The number of carbonyl (C=O) groups is 1. The summed E-state index contributed by atoms with van der Waals surface area (Å²) < 4.78 is 5.40. The van der Waals surface area contributed by atoms with Gasteiger partial charge in [-0.05, 0) is 27.2 Å². The molecule has 0 rings (SSSR count). The predicted octanol–water partition coefficient (Wildman–Crippen LogP) is 2.60. The van der Waals surface area contributed by atoms with Crippen LogP contribution in [0.4, 0.5) is 4.79 Å². The van der Waals surface area contributed by atoms with Crippen LogP contribution in [0, 0.1) is 0 Å². The zero-order valence-corrected chi connectivity index (χ0v) is 16.8. The minimum absolute atomic E-state index is 0. The van der Waals surface area contributed by atoms with Crippen LogP contribution < -0.4 is 10.6 Å². The molecule has 0 aliphatic carbocycles. The lowest BCUT2D eigenvalue weighted by molar-refractivity contribution is 0.0253. The van der Waals surface area contributed by atoms with Crippen molar-refractivity contribution >= 4 is 36.0 Å². The van der Waals surface area contributed by atoms with Gasteiger partial charge in [0.15, 0.2) is 5.96 Å². The molecule has 0 saturated carbocycles. The Morgan fingerprint density at radius 2 is 1.95 bits per heavy atom. The van der Waals surface area contributed by atoms with Gasteiger partial charge in [0, 0.05) is 33.2 Å². The maximum Gasteiger partial charge on any atom is 0.410 e. The fraction of sp³-hybridized carbons (Fsp3) is 0.733. The summed E-state index contributed by atoms with van der Waals surface area (Å²) in [6, 6.07) is 0. The smallest absolute Gasteiger partial charge is 0.410 e. The molecule has 0 bridgehead atoms. The maximum absolute atomic E-state index is 12.1. The summed E-state index contributed by atoms with van der Waals surface area (Å²) in [6.07, 6.45) is 2.37. The number of rotatable bonds is 7. The molecule has 0 saturated heterocycles. The SMILES string of the molecule is C=CCNC(=NC)NCCN(CCC)C(=O)OC(C)(C)C.I. The van der Waals surface area contributed by atoms with E-state index in [9.17, 15) is 4.79 Å². The summed E-state index contributed by atoms with van der Waals surface area (Å²) in [5.74, 6) is 0.690. The van der Waals surface area contributed by atoms with E-state index in [1.54, 1.807) is 18.0 Å². The molecule has 0 spiro atoms. The molecule has 0 aromatic rings. The average Bonchev–Trinajstić information content (AvgIpc) is 2.39. The van der Waals surface area contributed by atoms with Crippen molar-refractivity contribution < 1.29 is 9.53 Å². The minimum atomic E-state index is -0.474. The van der Waals surface area contributed by atoms with Crippen molar-refractivity contribution in [2.24, 2.45) is 4.99 Å². The summed E-state index contributed by atoms with van der Waals surface area (Å²) in [7, 11) is 1.70. The van der Waals surface area contributed by atoms with Gasteiger partial charge in [-0.15, -0.1) is 30.6 Å². The molecule has 2 N–H and O–H groups in total. The highest BCUT2D eigenvalue weighted by Crippen LogP contribution is 2.09. The number of amides is 1. The summed E-state index contributed by atoms with van der Waals surface area (Å²) in [5, 5.41) is 6.23. The first-order valence-electron chi connectivity index (χ1n) is 7.37. The molecule has 0 aromatic carbocycles. The van der Waals surface area contributed by atoms with Crippen LogP contribution in [-0.4, -0.2) is 55.8 Å². The molecule has 0 aliphatic rings. The van der Waals surface area contributed by atoms with E-state index in [-0.39, 0.29) is 30.1 Å². The Kier molecular flexibility index (Phi) is 13.3. The van der Waals surface area contributed by atoms with Crippen LogP contribution in [0.3, 0.4) is 0 Å². The van der Waals surface area contributed by atoms with Crippen LogP contribution in [0.1, 0.15) is 34.1 Å². The van der Waals surface area contributed by atoms with Crippen LogP contribution in [0.15, 0.2) is 17.6 Å². The highest BCUT2D eigenvalue weighted by molar-refractivity contribution is 14.0. The van der Waals surface area contributed by atoms with Gasteiger partial charge in [0.05, 0.1) is 0 Å². The molecule has 0 radical (unpaired) electrons. The molecule has 0 unspecified atom stereocenters. The van der Waals surface area contributed by atoms with E-state index in [2.05, 4.69) is 22.2 Å². The normalized spacial score (nSPS) is 11.2. The van der Waals surface area contributed by atoms with Crippen molar-refractivity contribution in [1.82, 2.24) is 15.5 Å². The fourth-order valence-corrected chi connectivity index (χ4v) is 1.59. The summed E-state index contributed by atoms with van der Waals surface area (Å²) in [4.78, 5) is 17.9. The van der Waals surface area contributed by atoms with E-state index in [4.69, 9.17) is 4.74 Å². The van der Waals surface area contributed by atoms with Crippen LogP contribution in [0.5, 0.6) is 0 Å². The predicted molar refractivity (Wildman–Crippen MR) is 103 cm³/mol. The van der Waals surface area contributed by atoms with Gasteiger partial charge in [-0.3, -0.25) is 4.99 Å². The number of hydrogen-bond donors (Lipinski definition) is 2. The number of nitrogens with one attached hydrogen (secondary N) is 2. The van der Waals surface area contributed by atoms with Gasteiger partial charge in [0.25, 0.3) is 0 Å². The molecular weight excluding hydrogens is 395 g/mol. The molecule has 1 amide bonds. The van der Waals surface area contributed by atoms with Crippen LogP contribution in [0.25, 0.3) is 0 Å². The average molecular weight is 426 g/mol. The van der Waals surface area contributed by atoms with Crippen molar-refractivity contribution in [2.75, 3.05) is 33.2 Å². The van der Waals surface area contributed by atoms with Crippen molar-refractivity contribution in [3.8, 4) is 0 Å². The Morgan fingerprint density at radius 1 is 1.32 bits per heavy atom. The van der Waals surface area contributed by atoms with E-state index >= 15 is 0 Å². The quantitative estimate of drug-likeness (QED) is 0.284. The zero-order valence-electron chi connectivity index (χ0n) is 14.4. The summed E-state index contributed by atoms with van der Waals surface area (Å²) in [6.45, 7) is 13.8. The Balaban J connectivity index is 0. The fourth-order valence-electron chi connectivity index (χ4n) is 1.59. The second-order valence-electron chi connectivity index (χ2n) is 5.64. The highest BCUT2D eigenvalue weighted by Gasteiger charge is 2.21. The molecular formula is C15H31IN4O2. The van der Waals surface area contributed by atoms with E-state index < -0.39 is 5.60 Å². The number of halogens is 1. The Labute approximate surface area is 151 Å². The standard InChI is InChI=1S/C15H30N4O2.HI/c1-7-9-17-13(16-6)18-10-12-19(11-8-2)14(20)21-15(3,4)5;/h7H,1,8-12H2,2-6H3,(H2,16,17,18);1H. The Morgan fingerprint density at radius 3 is 2.41 bits per heavy atom. The largest absolute Gasteiger partial charge is 0.444 e. The molecule has 0 aromatic heterocycles. The summed E-state index contributed by atoms with van der Waals surface area (Å²) >= 11 is 0. The molecule has 130 valence electrons. The van der Waals surface area contributed by atoms with Gasteiger partial charge in [0.2, 0.25) is 0 Å². The molecule has 0 atom stereocenters. The number of carbonyl (C=O) groups excluding carboxylic acids is 1. The third kappa shape index (κ3) is 11.6. The van der Waals surface area contributed by atoms with Crippen LogP contribution in [-0.2, 0) is 4.74 Å². The second-order valence-corrected chi connectivity index (χ2v) is 5.64. The van der Waals surface area contributed by atoms with E-state index in [1.807, 2.05) is 27.7 Å². The molecule has 0 fully saturated rings. The first kappa shape index (κ1) is 23.3. The van der Waals surface area contributed by atoms with E-state index in [0.29, 0.717) is 32.1 Å². The van der Waals surface area contributed by atoms with Crippen LogP contribution >= 0.6 is 24.0 Å². The third-order valence-electron chi connectivity index (χ3n) is 2.46. The molecule has 22 heavy (non-hydrogen) atoms. The number of aliphatic imine (C=N–C) groups is 1. The van der Waals surface area contributed by atoms with Gasteiger partial charge < -0.3 is 20.3 Å². The van der Waals surface area contributed by atoms with Crippen molar-refractivity contribution in [2.45, 2.75) is 39.7 Å².